The van der Waals surface area contributed by atoms with Crippen LogP contribution in [0.15, 0.2) is 18.2 Å². The van der Waals surface area contributed by atoms with Crippen molar-refractivity contribution in [2.45, 2.75) is 6.92 Å². The molecule has 0 unspecified atom stereocenters. The molecule has 5 nitrogen and oxygen atoms in total. The molecule has 1 aromatic rings. The van der Waals surface area contributed by atoms with Crippen LogP contribution in [0.1, 0.15) is 15.9 Å². The summed E-state index contributed by atoms with van der Waals surface area (Å²) in [5, 5.41) is 12.4. The normalized spacial score (nSPS) is 10.2. The number of phenolic OH excluding ortho intramolecular Hbond substituents is 1. The molecule has 5 heteroatoms. The van der Waals surface area contributed by atoms with E-state index in [4.69, 9.17) is 10.5 Å². The number of nitrogens with two attached hydrogens (primary N) is 1. The summed E-state index contributed by atoms with van der Waals surface area (Å²) in [6, 6.07) is 5.06. The van der Waals surface area contributed by atoms with Crippen LogP contribution in [0, 0.1) is 6.92 Å². The van der Waals surface area contributed by atoms with E-state index in [1.165, 1.54) is 0 Å². The summed E-state index contributed by atoms with van der Waals surface area (Å²) >= 11 is 0. The molecule has 94 valence electrons. The van der Waals surface area contributed by atoms with E-state index in [1.54, 1.807) is 25.1 Å². The first kappa shape index (κ1) is 13.5. The van der Waals surface area contributed by atoms with Crippen LogP contribution in [0.4, 0.5) is 0 Å². The van der Waals surface area contributed by atoms with Crippen LogP contribution in [0.25, 0.3) is 0 Å². The minimum Gasteiger partial charge on any atom is -0.507 e. The molecule has 0 bridgehead atoms. The summed E-state index contributed by atoms with van der Waals surface area (Å²) in [6.07, 6.45) is 0. The van der Waals surface area contributed by atoms with Gasteiger partial charge in [-0.3, -0.25) is 4.79 Å². The van der Waals surface area contributed by atoms with Gasteiger partial charge < -0.3 is 20.9 Å². The lowest BCUT2D eigenvalue weighted by Crippen LogP contribution is -2.28. The van der Waals surface area contributed by atoms with E-state index in [1.807, 2.05) is 0 Å². The van der Waals surface area contributed by atoms with Gasteiger partial charge in [0.2, 0.25) is 0 Å². The number of carbonyl (C=O) groups excluding carboxylic acids is 1. The van der Waals surface area contributed by atoms with Crippen molar-refractivity contribution in [3.05, 3.63) is 29.3 Å². The molecule has 0 aliphatic heterocycles. The smallest absolute Gasteiger partial charge is 0.255 e. The van der Waals surface area contributed by atoms with Gasteiger partial charge in [-0.1, -0.05) is 12.1 Å². The third kappa shape index (κ3) is 4.05. The third-order valence-corrected chi connectivity index (χ3v) is 2.28. The lowest BCUT2D eigenvalue weighted by molar-refractivity contribution is 0.0917. The molecule has 1 amide bonds. The molecule has 1 rings (SSSR count). The summed E-state index contributed by atoms with van der Waals surface area (Å²) in [7, 11) is 0. The Balaban J connectivity index is 2.44. The van der Waals surface area contributed by atoms with Gasteiger partial charge in [-0.2, -0.15) is 0 Å². The number of hydrogen-bond acceptors (Lipinski definition) is 4. The SMILES string of the molecule is Cc1cccc(C(=O)NCCOCCN)c1O. The summed E-state index contributed by atoms with van der Waals surface area (Å²) in [4.78, 5) is 11.7. The lowest BCUT2D eigenvalue weighted by atomic mass is 10.1. The van der Waals surface area contributed by atoms with E-state index in [-0.39, 0.29) is 17.2 Å². The Labute approximate surface area is 101 Å². The van der Waals surface area contributed by atoms with Gasteiger partial charge in [-0.25, -0.2) is 0 Å². The Morgan fingerprint density at radius 2 is 2.24 bits per heavy atom. The van der Waals surface area contributed by atoms with Gasteiger partial charge in [0.25, 0.3) is 5.91 Å². The zero-order chi connectivity index (χ0) is 12.7. The van der Waals surface area contributed by atoms with E-state index in [2.05, 4.69) is 5.32 Å². The molecule has 0 aliphatic rings. The molecule has 0 aromatic heterocycles. The van der Waals surface area contributed by atoms with Crippen molar-refractivity contribution in [1.29, 1.82) is 0 Å². The second-order valence-corrected chi connectivity index (χ2v) is 3.63. The molecule has 0 radical (unpaired) electrons. The number of carbonyl (C=O) groups is 1. The number of amides is 1. The maximum Gasteiger partial charge on any atom is 0.255 e. The Morgan fingerprint density at radius 3 is 2.94 bits per heavy atom. The highest BCUT2D eigenvalue weighted by Crippen LogP contribution is 2.20. The van der Waals surface area contributed by atoms with Crippen molar-refractivity contribution >= 4 is 5.91 Å². The fourth-order valence-electron chi connectivity index (χ4n) is 1.36. The van der Waals surface area contributed by atoms with Crippen molar-refractivity contribution in [2.75, 3.05) is 26.3 Å². The zero-order valence-electron chi connectivity index (χ0n) is 9.90. The van der Waals surface area contributed by atoms with Crippen LogP contribution in [-0.4, -0.2) is 37.3 Å². The Hall–Kier alpha value is -1.59. The lowest BCUT2D eigenvalue weighted by Gasteiger charge is -2.08. The summed E-state index contributed by atoms with van der Waals surface area (Å²) in [5.74, 6) is -0.282. The van der Waals surface area contributed by atoms with Crippen LogP contribution in [0.2, 0.25) is 0 Å². The molecular weight excluding hydrogens is 220 g/mol. The topological polar surface area (TPSA) is 84.6 Å². The molecule has 4 N–H and O–H groups in total. The third-order valence-electron chi connectivity index (χ3n) is 2.28. The van der Waals surface area contributed by atoms with Gasteiger partial charge in [0, 0.05) is 13.1 Å². The molecule has 0 heterocycles. The average Bonchev–Trinajstić information content (AvgIpc) is 2.32. The number of hydrogen-bond donors (Lipinski definition) is 3. The Morgan fingerprint density at radius 1 is 1.47 bits per heavy atom. The van der Waals surface area contributed by atoms with Crippen molar-refractivity contribution in [3.63, 3.8) is 0 Å². The van der Waals surface area contributed by atoms with Crippen LogP contribution in [-0.2, 0) is 4.74 Å². The van der Waals surface area contributed by atoms with Crippen LogP contribution in [0.3, 0.4) is 0 Å². The molecule has 0 saturated heterocycles. The highest BCUT2D eigenvalue weighted by atomic mass is 16.5. The van der Waals surface area contributed by atoms with E-state index in [9.17, 15) is 9.90 Å². The van der Waals surface area contributed by atoms with Crippen LogP contribution < -0.4 is 11.1 Å². The number of ether oxygens (including phenoxy) is 1. The van der Waals surface area contributed by atoms with Gasteiger partial charge in [-0.05, 0) is 18.6 Å². The summed E-state index contributed by atoms with van der Waals surface area (Å²) in [6.45, 7) is 3.50. The number of benzene rings is 1. The number of aryl methyl sites for hydroxylation is 1. The summed E-state index contributed by atoms with van der Waals surface area (Å²) in [5.41, 5.74) is 6.21. The molecule has 0 atom stereocenters. The van der Waals surface area contributed by atoms with Gasteiger partial charge in [-0.15, -0.1) is 0 Å². The standard InChI is InChI=1S/C12H18N2O3/c1-9-3-2-4-10(11(9)15)12(16)14-6-8-17-7-5-13/h2-4,15H,5-8,13H2,1H3,(H,14,16). The number of para-hydroxylation sites is 1. The van der Waals surface area contributed by atoms with Gasteiger partial charge >= 0.3 is 0 Å². The highest BCUT2D eigenvalue weighted by molar-refractivity contribution is 5.97. The fraction of sp³-hybridized carbons (Fsp3) is 0.417. The predicted molar refractivity (Wildman–Crippen MR) is 65.1 cm³/mol. The monoisotopic (exact) mass is 238 g/mol. The maximum atomic E-state index is 11.7. The van der Waals surface area contributed by atoms with Crippen molar-refractivity contribution in [3.8, 4) is 5.75 Å². The molecule has 0 fully saturated rings. The first-order chi connectivity index (χ1) is 8.16. The van der Waals surface area contributed by atoms with Crippen molar-refractivity contribution in [1.82, 2.24) is 5.32 Å². The summed E-state index contributed by atoms with van der Waals surface area (Å²) < 4.78 is 5.12. The average molecular weight is 238 g/mol. The number of nitrogens with one attached hydrogen (secondary N) is 1. The maximum absolute atomic E-state index is 11.7. The first-order valence-electron chi connectivity index (χ1n) is 5.51. The van der Waals surface area contributed by atoms with Crippen LogP contribution >= 0.6 is 0 Å². The van der Waals surface area contributed by atoms with Crippen LogP contribution in [0.5, 0.6) is 5.75 Å². The number of phenols is 1. The quantitative estimate of drug-likeness (QED) is 0.626. The Kier molecular flexibility index (Phi) is 5.45. The zero-order valence-corrected chi connectivity index (χ0v) is 9.90. The first-order valence-corrected chi connectivity index (χ1v) is 5.51. The number of aromatic hydroxyl groups is 1. The minimum absolute atomic E-state index is 0.0212. The van der Waals surface area contributed by atoms with Gasteiger partial charge in [0.1, 0.15) is 5.75 Å². The Bertz CT molecular complexity index is 380. The molecule has 0 aliphatic carbocycles. The van der Waals surface area contributed by atoms with Gasteiger partial charge in [0.05, 0.1) is 18.8 Å². The molecule has 1 aromatic carbocycles. The molecule has 0 spiro atoms. The van der Waals surface area contributed by atoms with E-state index >= 15 is 0 Å². The van der Waals surface area contributed by atoms with E-state index in [0.29, 0.717) is 31.9 Å². The molecule has 17 heavy (non-hydrogen) atoms. The molecule has 0 saturated carbocycles. The fourth-order valence-corrected chi connectivity index (χ4v) is 1.36. The second-order valence-electron chi connectivity index (χ2n) is 3.63. The van der Waals surface area contributed by atoms with Crippen molar-refractivity contribution < 1.29 is 14.6 Å². The predicted octanol–water partition coefficient (Wildman–Crippen LogP) is 0.406. The largest absolute Gasteiger partial charge is 0.507 e. The van der Waals surface area contributed by atoms with Gasteiger partial charge in [0.15, 0.2) is 0 Å². The highest BCUT2D eigenvalue weighted by Gasteiger charge is 2.11. The minimum atomic E-state index is -0.303. The van der Waals surface area contributed by atoms with E-state index in [0.717, 1.165) is 0 Å². The number of rotatable bonds is 6. The van der Waals surface area contributed by atoms with Crippen molar-refractivity contribution in [2.24, 2.45) is 5.73 Å². The molecular formula is C12H18N2O3. The second kappa shape index (κ2) is 6.88. The van der Waals surface area contributed by atoms with E-state index < -0.39 is 0 Å².